The zero-order chi connectivity index (χ0) is 14.1. The van der Waals surface area contributed by atoms with Crippen molar-refractivity contribution < 1.29 is 19.4 Å². The Kier molecular flexibility index (Phi) is 6.97. The summed E-state index contributed by atoms with van der Waals surface area (Å²) in [6.07, 6.45) is 1.81. The molecule has 0 aliphatic rings. The topological polar surface area (TPSA) is 55.8 Å². The highest BCUT2D eigenvalue weighted by atomic mass is 16.5. The van der Waals surface area contributed by atoms with Crippen molar-refractivity contribution in [2.45, 2.75) is 26.7 Å². The molecule has 0 heterocycles. The van der Waals surface area contributed by atoms with Gasteiger partial charge in [0.2, 0.25) is 0 Å². The average Bonchev–Trinajstić information content (AvgIpc) is 2.37. The fourth-order valence-corrected chi connectivity index (χ4v) is 1.53. The van der Waals surface area contributed by atoms with Crippen LogP contribution in [0.2, 0.25) is 0 Å². The number of carbonyl (C=O) groups is 1. The minimum atomic E-state index is -0.969. The summed E-state index contributed by atoms with van der Waals surface area (Å²) >= 11 is 0. The monoisotopic (exact) mass is 266 g/mol. The van der Waals surface area contributed by atoms with Gasteiger partial charge in [-0.3, -0.25) is 0 Å². The molecule has 1 aromatic carbocycles. The van der Waals surface area contributed by atoms with Crippen molar-refractivity contribution in [1.29, 1.82) is 0 Å². The molecule has 1 rings (SSSR count). The Morgan fingerprint density at radius 1 is 1.21 bits per heavy atom. The summed E-state index contributed by atoms with van der Waals surface area (Å²) in [6.45, 7) is 6.20. The van der Waals surface area contributed by atoms with Crippen molar-refractivity contribution in [3.05, 3.63) is 29.8 Å². The first-order valence-corrected chi connectivity index (χ1v) is 6.64. The summed E-state index contributed by atoms with van der Waals surface area (Å²) < 4.78 is 10.9. The lowest BCUT2D eigenvalue weighted by molar-refractivity contribution is 0.0691. The van der Waals surface area contributed by atoms with E-state index in [1.54, 1.807) is 18.2 Å². The summed E-state index contributed by atoms with van der Waals surface area (Å²) in [5, 5.41) is 8.99. The molecule has 0 aromatic heterocycles. The van der Waals surface area contributed by atoms with Crippen molar-refractivity contribution in [1.82, 2.24) is 0 Å². The number of para-hydroxylation sites is 1. The van der Waals surface area contributed by atoms with E-state index < -0.39 is 5.97 Å². The summed E-state index contributed by atoms with van der Waals surface area (Å²) in [4.78, 5) is 11.0. The van der Waals surface area contributed by atoms with Crippen molar-refractivity contribution >= 4 is 5.97 Å². The van der Waals surface area contributed by atoms with E-state index in [1.165, 1.54) is 6.07 Å². The Morgan fingerprint density at radius 2 is 1.95 bits per heavy atom. The molecule has 1 N–H and O–H groups in total. The molecule has 4 heteroatoms. The van der Waals surface area contributed by atoms with Crippen LogP contribution in [-0.4, -0.2) is 30.9 Å². The van der Waals surface area contributed by atoms with Crippen LogP contribution >= 0.6 is 0 Å². The number of hydrogen-bond donors (Lipinski definition) is 1. The highest BCUT2D eigenvalue weighted by molar-refractivity contribution is 5.90. The number of rotatable bonds is 9. The minimum absolute atomic E-state index is 0.197. The fraction of sp³-hybridized carbons (Fsp3) is 0.533. The molecule has 0 radical (unpaired) electrons. The lowest BCUT2D eigenvalue weighted by Gasteiger charge is -2.09. The maximum atomic E-state index is 11.0. The van der Waals surface area contributed by atoms with Gasteiger partial charge >= 0.3 is 5.97 Å². The Hall–Kier alpha value is -1.55. The highest BCUT2D eigenvalue weighted by Crippen LogP contribution is 2.17. The van der Waals surface area contributed by atoms with Gasteiger partial charge in [-0.15, -0.1) is 0 Å². The van der Waals surface area contributed by atoms with Gasteiger partial charge in [0.1, 0.15) is 11.3 Å². The van der Waals surface area contributed by atoms with Crippen LogP contribution in [0.3, 0.4) is 0 Å². The van der Waals surface area contributed by atoms with Gasteiger partial charge in [0, 0.05) is 19.6 Å². The van der Waals surface area contributed by atoms with E-state index in [9.17, 15) is 4.79 Å². The number of hydrogen-bond acceptors (Lipinski definition) is 3. The van der Waals surface area contributed by atoms with Gasteiger partial charge < -0.3 is 14.6 Å². The number of aromatic carboxylic acids is 1. The largest absolute Gasteiger partial charge is 0.493 e. The van der Waals surface area contributed by atoms with Gasteiger partial charge in [0.15, 0.2) is 0 Å². The Morgan fingerprint density at radius 3 is 2.63 bits per heavy atom. The fourth-order valence-electron chi connectivity index (χ4n) is 1.53. The van der Waals surface area contributed by atoms with Crippen LogP contribution in [0.5, 0.6) is 5.75 Å². The maximum absolute atomic E-state index is 11.0. The minimum Gasteiger partial charge on any atom is -0.493 e. The molecule has 4 nitrogen and oxygen atoms in total. The van der Waals surface area contributed by atoms with E-state index in [-0.39, 0.29) is 5.56 Å². The third kappa shape index (κ3) is 6.25. The average molecular weight is 266 g/mol. The first kappa shape index (κ1) is 15.5. The number of carboxylic acid groups (broad SMARTS) is 1. The number of carboxylic acids is 1. The van der Waals surface area contributed by atoms with Crippen molar-refractivity contribution in [3.63, 3.8) is 0 Å². The second-order valence-corrected chi connectivity index (χ2v) is 4.80. The second kappa shape index (κ2) is 8.53. The van der Waals surface area contributed by atoms with Crippen LogP contribution in [0.15, 0.2) is 24.3 Å². The first-order valence-electron chi connectivity index (χ1n) is 6.64. The molecule has 1 aromatic rings. The van der Waals surface area contributed by atoms with Crippen LogP contribution in [0, 0.1) is 5.92 Å². The Balaban J connectivity index is 2.21. The molecule has 0 aliphatic carbocycles. The number of benzene rings is 1. The molecule has 0 aliphatic heterocycles. The second-order valence-electron chi connectivity index (χ2n) is 4.80. The van der Waals surface area contributed by atoms with Gasteiger partial charge in [-0.05, 0) is 24.5 Å². The summed E-state index contributed by atoms with van der Waals surface area (Å²) in [5.41, 5.74) is 0.197. The van der Waals surface area contributed by atoms with Crippen LogP contribution in [0.25, 0.3) is 0 Å². The Labute approximate surface area is 114 Å². The zero-order valence-corrected chi connectivity index (χ0v) is 11.6. The SMILES string of the molecule is CC(C)CCOCCCOc1ccccc1C(=O)O. The summed E-state index contributed by atoms with van der Waals surface area (Å²) in [6, 6.07) is 6.66. The van der Waals surface area contributed by atoms with E-state index in [4.69, 9.17) is 14.6 Å². The molecular weight excluding hydrogens is 244 g/mol. The van der Waals surface area contributed by atoms with E-state index in [1.807, 2.05) is 0 Å². The van der Waals surface area contributed by atoms with E-state index in [2.05, 4.69) is 13.8 Å². The van der Waals surface area contributed by atoms with E-state index in [0.717, 1.165) is 19.4 Å². The van der Waals surface area contributed by atoms with Crippen LogP contribution in [-0.2, 0) is 4.74 Å². The van der Waals surface area contributed by atoms with E-state index >= 15 is 0 Å². The Bertz CT molecular complexity index is 387. The maximum Gasteiger partial charge on any atom is 0.339 e. The molecule has 0 spiro atoms. The van der Waals surface area contributed by atoms with Crippen molar-refractivity contribution in [2.24, 2.45) is 5.92 Å². The van der Waals surface area contributed by atoms with Crippen LogP contribution in [0.4, 0.5) is 0 Å². The molecular formula is C15H22O4. The lowest BCUT2D eigenvalue weighted by atomic mass is 10.1. The molecule has 19 heavy (non-hydrogen) atoms. The third-order valence-corrected chi connectivity index (χ3v) is 2.65. The van der Waals surface area contributed by atoms with Crippen LogP contribution in [0.1, 0.15) is 37.0 Å². The zero-order valence-electron chi connectivity index (χ0n) is 11.6. The van der Waals surface area contributed by atoms with Gasteiger partial charge in [0.25, 0.3) is 0 Å². The third-order valence-electron chi connectivity index (χ3n) is 2.65. The normalized spacial score (nSPS) is 10.7. The smallest absolute Gasteiger partial charge is 0.339 e. The van der Waals surface area contributed by atoms with Crippen LogP contribution < -0.4 is 4.74 Å². The molecule has 0 bridgehead atoms. The predicted octanol–water partition coefficient (Wildman–Crippen LogP) is 3.22. The molecule has 0 fully saturated rings. The molecule has 0 unspecified atom stereocenters. The van der Waals surface area contributed by atoms with E-state index in [0.29, 0.717) is 24.9 Å². The standard InChI is InChI=1S/C15H22O4/c1-12(2)8-11-18-9-5-10-19-14-7-4-3-6-13(14)15(16)17/h3-4,6-7,12H,5,8-11H2,1-2H3,(H,16,17). The van der Waals surface area contributed by atoms with Crippen molar-refractivity contribution in [2.75, 3.05) is 19.8 Å². The predicted molar refractivity (Wildman–Crippen MR) is 73.8 cm³/mol. The first-order chi connectivity index (χ1) is 9.11. The van der Waals surface area contributed by atoms with Gasteiger partial charge in [-0.1, -0.05) is 26.0 Å². The lowest BCUT2D eigenvalue weighted by Crippen LogP contribution is -2.07. The molecule has 0 atom stereocenters. The highest BCUT2D eigenvalue weighted by Gasteiger charge is 2.09. The summed E-state index contributed by atoms with van der Waals surface area (Å²) in [7, 11) is 0. The quantitative estimate of drug-likeness (QED) is 0.697. The van der Waals surface area contributed by atoms with Crippen molar-refractivity contribution in [3.8, 4) is 5.75 Å². The molecule has 0 saturated heterocycles. The van der Waals surface area contributed by atoms with Gasteiger partial charge in [-0.2, -0.15) is 0 Å². The summed E-state index contributed by atoms with van der Waals surface area (Å²) in [5.74, 6) is 0.0969. The molecule has 0 amide bonds. The molecule has 106 valence electrons. The molecule has 0 saturated carbocycles. The van der Waals surface area contributed by atoms with Gasteiger partial charge in [0.05, 0.1) is 6.61 Å². The number of ether oxygens (including phenoxy) is 2. The van der Waals surface area contributed by atoms with Gasteiger partial charge in [-0.25, -0.2) is 4.79 Å².